The van der Waals surface area contributed by atoms with Crippen molar-refractivity contribution >= 4 is 21.1 Å². The van der Waals surface area contributed by atoms with E-state index in [4.69, 9.17) is 8.83 Å². The third-order valence-electron chi connectivity index (χ3n) is 6.26. The summed E-state index contributed by atoms with van der Waals surface area (Å²) in [6, 6.07) is 18.1. The van der Waals surface area contributed by atoms with Gasteiger partial charge in [-0.25, -0.2) is 13.2 Å². The van der Waals surface area contributed by atoms with E-state index in [1.165, 1.54) is 4.57 Å². The fourth-order valence-electron chi connectivity index (χ4n) is 4.12. The van der Waals surface area contributed by atoms with Crippen molar-refractivity contribution in [2.24, 2.45) is 7.05 Å². The maximum atomic E-state index is 12.5. The van der Waals surface area contributed by atoms with E-state index >= 15 is 0 Å². The van der Waals surface area contributed by atoms with Crippen LogP contribution >= 0.6 is 0 Å². The van der Waals surface area contributed by atoms with Gasteiger partial charge >= 0.3 is 5.76 Å². The number of nitriles is 1. The number of nitrogens with zero attached hydrogens (tertiary/aromatic N) is 2. The van der Waals surface area contributed by atoms with E-state index in [0.717, 1.165) is 35.3 Å². The normalized spacial score (nSPS) is 13.4. The second-order valence-corrected chi connectivity index (χ2v) is 11.0. The van der Waals surface area contributed by atoms with Crippen LogP contribution in [0.2, 0.25) is 0 Å². The van der Waals surface area contributed by atoms with Crippen LogP contribution in [0.25, 0.3) is 22.2 Å². The minimum atomic E-state index is -3.63. The first-order valence-corrected chi connectivity index (χ1v) is 13.7. The van der Waals surface area contributed by atoms with Gasteiger partial charge < -0.3 is 14.2 Å². The Balaban J connectivity index is 1.29. The fourth-order valence-corrected chi connectivity index (χ4v) is 5.19. The molecule has 0 saturated carbocycles. The Labute approximate surface area is 215 Å². The molecule has 37 heavy (non-hydrogen) atoms. The lowest BCUT2D eigenvalue weighted by molar-refractivity contribution is 0.465. The monoisotopic (exact) mass is 522 g/mol. The van der Waals surface area contributed by atoms with E-state index in [-0.39, 0.29) is 24.8 Å². The van der Waals surface area contributed by atoms with Crippen molar-refractivity contribution in [2.45, 2.75) is 38.3 Å². The lowest BCUT2D eigenvalue weighted by atomic mass is 10.0. The molecule has 0 aliphatic carbocycles. The number of nitrogens with one attached hydrogen (secondary N) is 2. The van der Waals surface area contributed by atoms with Crippen LogP contribution in [0.5, 0.6) is 0 Å². The summed E-state index contributed by atoms with van der Waals surface area (Å²) in [6.45, 7) is 2.28. The van der Waals surface area contributed by atoms with Crippen molar-refractivity contribution < 1.29 is 17.3 Å². The number of sulfonamides is 1. The number of aryl methyl sites for hydroxylation is 2. The number of oxazole rings is 1. The Morgan fingerprint density at radius 3 is 2.57 bits per heavy atom. The molecule has 2 heterocycles. The molecular weight excluding hydrogens is 492 g/mol. The molecule has 0 fully saturated rings. The van der Waals surface area contributed by atoms with Crippen molar-refractivity contribution in [2.75, 3.05) is 12.3 Å². The van der Waals surface area contributed by atoms with Crippen LogP contribution in [0, 0.1) is 11.3 Å². The molecular formula is C27H30N4O5S. The van der Waals surface area contributed by atoms with Gasteiger partial charge in [0.1, 0.15) is 11.8 Å². The maximum Gasteiger partial charge on any atom is 0.419 e. The number of furan rings is 1. The number of rotatable bonds is 12. The highest BCUT2D eigenvalue weighted by atomic mass is 32.2. The highest BCUT2D eigenvalue weighted by Crippen LogP contribution is 2.24. The predicted molar refractivity (Wildman–Crippen MR) is 141 cm³/mol. The number of fused-ring (bicyclic) bond motifs is 1. The first-order chi connectivity index (χ1) is 17.7. The number of hydrogen-bond donors (Lipinski definition) is 2. The molecule has 0 bridgehead atoms. The van der Waals surface area contributed by atoms with Crippen molar-refractivity contribution in [1.29, 1.82) is 5.26 Å². The van der Waals surface area contributed by atoms with Gasteiger partial charge in [-0.05, 0) is 54.3 Å². The molecule has 0 aliphatic heterocycles. The van der Waals surface area contributed by atoms with Crippen molar-refractivity contribution in [1.82, 2.24) is 14.6 Å². The Hall–Kier alpha value is -3.65. The Morgan fingerprint density at radius 1 is 1.11 bits per heavy atom. The lowest BCUT2D eigenvalue weighted by Gasteiger charge is -2.15. The molecule has 2 aromatic heterocycles. The summed E-state index contributed by atoms with van der Waals surface area (Å²) in [5.41, 5.74) is 3.90. The van der Waals surface area contributed by atoms with Crippen LogP contribution in [0.15, 0.2) is 74.5 Å². The third kappa shape index (κ3) is 6.98. The van der Waals surface area contributed by atoms with E-state index in [2.05, 4.69) is 16.1 Å². The Bertz CT molecular complexity index is 1530. The molecule has 2 aromatic carbocycles. The second kappa shape index (κ2) is 11.6. The molecule has 4 aromatic rings. The van der Waals surface area contributed by atoms with Crippen LogP contribution in [0.4, 0.5) is 0 Å². The summed E-state index contributed by atoms with van der Waals surface area (Å²) >= 11 is 0. The molecule has 0 radical (unpaired) electrons. The van der Waals surface area contributed by atoms with E-state index in [9.17, 15) is 18.5 Å². The zero-order chi connectivity index (χ0) is 26.4. The molecule has 0 aliphatic rings. The van der Waals surface area contributed by atoms with Gasteiger partial charge in [-0.2, -0.15) is 9.98 Å². The van der Waals surface area contributed by atoms with Crippen LogP contribution in [0.3, 0.4) is 0 Å². The van der Waals surface area contributed by atoms with E-state index in [0.29, 0.717) is 11.1 Å². The highest BCUT2D eigenvalue weighted by Gasteiger charge is 2.18. The molecule has 9 nitrogen and oxygen atoms in total. The molecule has 0 spiro atoms. The summed E-state index contributed by atoms with van der Waals surface area (Å²) in [6.07, 6.45) is 3.49. The molecule has 2 unspecified atom stereocenters. The van der Waals surface area contributed by atoms with Crippen LogP contribution in [-0.2, 0) is 29.9 Å². The standard InChI is InChI=1S/C27H30N4O5S/c1-19(5-11-24-4-3-14-35-24)29-13-15-37(33,34)30-23(18-28)16-20-6-8-21(9-7-20)22-10-12-26-25(17-22)31(2)27(32)36-26/h3-4,6-10,12,14,17,19,23,29-30H,5,11,13,15-16H2,1-2H3. The SMILES string of the molecule is CC(CCc1ccco1)NCCS(=O)(=O)NC(C#N)Cc1ccc(-c2ccc3oc(=O)n(C)c3c2)cc1. The predicted octanol–water partition coefficient (Wildman–Crippen LogP) is 3.36. The zero-order valence-corrected chi connectivity index (χ0v) is 21.6. The topological polar surface area (TPSA) is 130 Å². The molecule has 0 saturated heterocycles. The molecule has 2 atom stereocenters. The summed E-state index contributed by atoms with van der Waals surface area (Å²) in [5, 5.41) is 12.8. The number of aromatic nitrogens is 1. The zero-order valence-electron chi connectivity index (χ0n) is 20.8. The van der Waals surface area contributed by atoms with Crippen LogP contribution < -0.4 is 15.8 Å². The van der Waals surface area contributed by atoms with Gasteiger partial charge in [0.15, 0.2) is 5.58 Å². The number of benzene rings is 2. The molecule has 194 valence electrons. The summed E-state index contributed by atoms with van der Waals surface area (Å²) in [4.78, 5) is 11.7. The van der Waals surface area contributed by atoms with Gasteiger partial charge in [-0.3, -0.25) is 4.57 Å². The van der Waals surface area contributed by atoms with E-state index < -0.39 is 21.8 Å². The van der Waals surface area contributed by atoms with Crippen molar-refractivity contribution in [3.63, 3.8) is 0 Å². The third-order valence-corrected chi connectivity index (χ3v) is 7.65. The fraction of sp³-hybridized carbons (Fsp3) is 0.333. The quantitative estimate of drug-likeness (QED) is 0.292. The van der Waals surface area contributed by atoms with Gasteiger partial charge in [-0.1, -0.05) is 30.3 Å². The summed E-state index contributed by atoms with van der Waals surface area (Å²) in [7, 11) is -1.97. The van der Waals surface area contributed by atoms with Gasteiger partial charge in [0.25, 0.3) is 0 Å². The number of hydrogen-bond acceptors (Lipinski definition) is 7. The van der Waals surface area contributed by atoms with E-state index in [1.807, 2.05) is 55.5 Å². The minimum absolute atomic E-state index is 0.117. The van der Waals surface area contributed by atoms with Gasteiger partial charge in [0, 0.05) is 32.5 Å². The van der Waals surface area contributed by atoms with Crippen molar-refractivity contribution in [3.8, 4) is 17.2 Å². The minimum Gasteiger partial charge on any atom is -0.469 e. The van der Waals surface area contributed by atoms with E-state index in [1.54, 1.807) is 19.4 Å². The van der Waals surface area contributed by atoms with Gasteiger partial charge in [-0.15, -0.1) is 0 Å². The van der Waals surface area contributed by atoms with Gasteiger partial charge in [0.2, 0.25) is 10.0 Å². The lowest BCUT2D eigenvalue weighted by Crippen LogP contribution is -2.40. The molecule has 4 rings (SSSR count). The van der Waals surface area contributed by atoms with Gasteiger partial charge in [0.05, 0.1) is 23.6 Å². The largest absolute Gasteiger partial charge is 0.469 e. The first-order valence-electron chi connectivity index (χ1n) is 12.1. The van der Waals surface area contributed by atoms with Crippen LogP contribution in [-0.4, -0.2) is 37.4 Å². The van der Waals surface area contributed by atoms with Crippen molar-refractivity contribution in [3.05, 3.63) is 82.7 Å². The first kappa shape index (κ1) is 26.4. The van der Waals surface area contributed by atoms with Crippen LogP contribution in [0.1, 0.15) is 24.7 Å². The molecule has 2 N–H and O–H groups in total. The average molecular weight is 523 g/mol. The highest BCUT2D eigenvalue weighted by molar-refractivity contribution is 7.89. The second-order valence-electron chi connectivity index (χ2n) is 9.10. The summed E-state index contributed by atoms with van der Waals surface area (Å²) in [5.74, 6) is 0.371. The Kier molecular flexibility index (Phi) is 8.28. The average Bonchev–Trinajstić information content (AvgIpc) is 3.50. The smallest absolute Gasteiger partial charge is 0.419 e. The summed E-state index contributed by atoms with van der Waals surface area (Å²) < 4.78 is 39.5. The molecule has 0 amide bonds. The Morgan fingerprint density at radius 2 is 1.86 bits per heavy atom. The molecule has 10 heteroatoms. The maximum absolute atomic E-state index is 12.5.